The lowest BCUT2D eigenvalue weighted by Gasteiger charge is -2.36. The molecule has 1 aliphatic rings. The van der Waals surface area contributed by atoms with E-state index in [2.05, 4.69) is 26.4 Å². The normalized spacial score (nSPS) is 14.3. The van der Waals surface area contributed by atoms with Crippen LogP contribution in [-0.4, -0.2) is 52.1 Å². The number of hydrogen-bond donors (Lipinski definition) is 0. The number of thioether (sulfide) groups is 1. The molecule has 1 aliphatic heterocycles. The minimum Gasteiger partial charge on any atom is -0.368 e. The van der Waals surface area contributed by atoms with E-state index >= 15 is 0 Å². The molecule has 0 N–H and O–H groups in total. The largest absolute Gasteiger partial charge is 0.368 e. The molecule has 2 heterocycles. The van der Waals surface area contributed by atoms with Crippen molar-refractivity contribution >= 4 is 46.5 Å². The van der Waals surface area contributed by atoms with Crippen molar-refractivity contribution in [1.29, 1.82) is 0 Å². The predicted octanol–water partition coefficient (Wildman–Crippen LogP) is 4.30. The number of carbonyl (C=O) groups is 1. The number of amides is 1. The molecule has 28 heavy (non-hydrogen) atoms. The van der Waals surface area contributed by atoms with Gasteiger partial charge in [-0.3, -0.25) is 4.79 Å². The van der Waals surface area contributed by atoms with Crippen molar-refractivity contribution in [2.45, 2.75) is 4.34 Å². The summed E-state index contributed by atoms with van der Waals surface area (Å²) in [5.41, 5.74) is 2.03. The van der Waals surface area contributed by atoms with Crippen molar-refractivity contribution in [1.82, 2.24) is 14.3 Å². The molecule has 0 unspecified atom stereocenters. The highest BCUT2D eigenvalue weighted by Crippen LogP contribution is 2.29. The van der Waals surface area contributed by atoms with Crippen LogP contribution in [0.25, 0.3) is 11.4 Å². The number of carbonyl (C=O) groups excluding carboxylic acids is 1. The van der Waals surface area contributed by atoms with E-state index in [1.165, 1.54) is 29.0 Å². The molecular formula is C20H19ClN4OS2. The summed E-state index contributed by atoms with van der Waals surface area (Å²) in [6.45, 7) is 3.20. The minimum atomic E-state index is 0.146. The number of anilines is 1. The molecule has 2 aromatic carbocycles. The van der Waals surface area contributed by atoms with E-state index in [1.807, 2.05) is 47.4 Å². The van der Waals surface area contributed by atoms with Crippen LogP contribution >= 0.6 is 34.9 Å². The molecule has 0 aliphatic carbocycles. The maximum atomic E-state index is 12.6. The second-order valence-corrected chi connectivity index (χ2v) is 8.74. The van der Waals surface area contributed by atoms with Crippen molar-refractivity contribution in [3.63, 3.8) is 0 Å². The summed E-state index contributed by atoms with van der Waals surface area (Å²) in [5, 5.41) is 0.629. The molecule has 0 bridgehead atoms. The predicted molar refractivity (Wildman–Crippen MR) is 116 cm³/mol. The lowest BCUT2D eigenvalue weighted by molar-refractivity contribution is -0.128. The standard InChI is InChI=1S/C20H19ClN4OS2/c21-17-9-5-4-8-16(17)19-22-20(28-23-19)27-14-18(26)25-12-10-24(11-13-25)15-6-2-1-3-7-15/h1-9H,10-14H2. The number of hydrogen-bond acceptors (Lipinski definition) is 6. The summed E-state index contributed by atoms with van der Waals surface area (Å²) in [5.74, 6) is 1.14. The molecule has 0 saturated carbocycles. The van der Waals surface area contributed by atoms with Gasteiger partial charge in [0, 0.05) is 37.4 Å². The van der Waals surface area contributed by atoms with Crippen molar-refractivity contribution in [2.24, 2.45) is 0 Å². The van der Waals surface area contributed by atoms with Crippen LogP contribution in [0.15, 0.2) is 58.9 Å². The highest BCUT2D eigenvalue weighted by Gasteiger charge is 2.21. The highest BCUT2D eigenvalue weighted by molar-refractivity contribution is 8.01. The Labute approximate surface area is 177 Å². The zero-order chi connectivity index (χ0) is 19.3. The maximum Gasteiger partial charge on any atom is 0.233 e. The van der Waals surface area contributed by atoms with Gasteiger partial charge in [0.05, 0.1) is 10.8 Å². The summed E-state index contributed by atoms with van der Waals surface area (Å²) in [4.78, 5) is 21.3. The Balaban J connectivity index is 1.29. The Morgan fingerprint density at radius 3 is 2.50 bits per heavy atom. The van der Waals surface area contributed by atoms with E-state index in [4.69, 9.17) is 11.6 Å². The fourth-order valence-corrected chi connectivity index (χ4v) is 4.82. The Hall–Kier alpha value is -2.09. The van der Waals surface area contributed by atoms with E-state index in [9.17, 15) is 4.79 Å². The van der Waals surface area contributed by atoms with Crippen LogP contribution in [0.1, 0.15) is 0 Å². The maximum absolute atomic E-state index is 12.6. The third-order valence-corrected chi connectivity index (χ3v) is 6.74. The van der Waals surface area contributed by atoms with Crippen molar-refractivity contribution in [3.05, 3.63) is 59.6 Å². The van der Waals surface area contributed by atoms with E-state index in [0.29, 0.717) is 16.6 Å². The van der Waals surface area contributed by atoms with E-state index in [0.717, 1.165) is 36.1 Å². The molecule has 1 saturated heterocycles. The Morgan fingerprint density at radius 1 is 1.04 bits per heavy atom. The Bertz CT molecular complexity index is 942. The first-order valence-electron chi connectivity index (χ1n) is 9.00. The van der Waals surface area contributed by atoms with Crippen LogP contribution in [0.4, 0.5) is 5.69 Å². The molecule has 8 heteroatoms. The fraction of sp³-hybridized carbons (Fsp3) is 0.250. The quantitative estimate of drug-likeness (QED) is 0.565. The van der Waals surface area contributed by atoms with Gasteiger partial charge in [0.15, 0.2) is 10.2 Å². The summed E-state index contributed by atoms with van der Waals surface area (Å²) in [6, 6.07) is 17.8. The number of benzene rings is 2. The van der Waals surface area contributed by atoms with Crippen LogP contribution in [0, 0.1) is 0 Å². The molecule has 3 aromatic rings. The van der Waals surface area contributed by atoms with Gasteiger partial charge in [-0.05, 0) is 35.8 Å². The molecule has 4 rings (SSSR count). The fourth-order valence-electron chi connectivity index (χ4n) is 3.09. The molecule has 144 valence electrons. The van der Waals surface area contributed by atoms with Gasteiger partial charge in [-0.15, -0.1) is 0 Å². The number of halogens is 1. The van der Waals surface area contributed by atoms with E-state index in [1.54, 1.807) is 0 Å². The van der Waals surface area contributed by atoms with Crippen LogP contribution in [-0.2, 0) is 4.79 Å². The van der Waals surface area contributed by atoms with Gasteiger partial charge in [-0.25, -0.2) is 4.98 Å². The number of para-hydroxylation sites is 1. The third kappa shape index (κ3) is 4.48. The molecule has 5 nitrogen and oxygen atoms in total. The lowest BCUT2D eigenvalue weighted by atomic mass is 10.2. The van der Waals surface area contributed by atoms with Gasteiger partial charge in [0.1, 0.15) is 0 Å². The zero-order valence-electron chi connectivity index (χ0n) is 15.1. The van der Waals surface area contributed by atoms with Crippen LogP contribution in [0.2, 0.25) is 5.02 Å². The summed E-state index contributed by atoms with van der Waals surface area (Å²) >= 11 is 8.95. The van der Waals surface area contributed by atoms with Crippen molar-refractivity contribution < 1.29 is 4.79 Å². The monoisotopic (exact) mass is 430 g/mol. The van der Waals surface area contributed by atoms with Crippen molar-refractivity contribution in [3.8, 4) is 11.4 Å². The zero-order valence-corrected chi connectivity index (χ0v) is 17.5. The Morgan fingerprint density at radius 2 is 1.75 bits per heavy atom. The summed E-state index contributed by atoms with van der Waals surface area (Å²) in [7, 11) is 0. The van der Waals surface area contributed by atoms with Gasteiger partial charge in [0.25, 0.3) is 0 Å². The second kappa shape index (κ2) is 8.94. The molecule has 0 spiro atoms. The number of rotatable bonds is 5. The first-order chi connectivity index (χ1) is 13.7. The number of nitrogens with zero attached hydrogens (tertiary/aromatic N) is 4. The smallest absolute Gasteiger partial charge is 0.233 e. The molecule has 1 fully saturated rings. The molecule has 0 atom stereocenters. The van der Waals surface area contributed by atoms with Crippen LogP contribution in [0.3, 0.4) is 0 Å². The van der Waals surface area contributed by atoms with Gasteiger partial charge < -0.3 is 9.80 Å². The molecule has 1 amide bonds. The Kier molecular flexibility index (Phi) is 6.14. The SMILES string of the molecule is O=C(CSc1nc(-c2ccccc2Cl)ns1)N1CCN(c2ccccc2)CC1. The summed E-state index contributed by atoms with van der Waals surface area (Å²) < 4.78 is 5.16. The van der Waals surface area contributed by atoms with E-state index < -0.39 is 0 Å². The van der Waals surface area contributed by atoms with Gasteiger partial charge in [-0.1, -0.05) is 53.7 Å². The van der Waals surface area contributed by atoms with Crippen LogP contribution in [0.5, 0.6) is 0 Å². The van der Waals surface area contributed by atoms with E-state index in [-0.39, 0.29) is 5.91 Å². The third-order valence-electron chi connectivity index (χ3n) is 4.59. The topological polar surface area (TPSA) is 49.3 Å². The van der Waals surface area contributed by atoms with Gasteiger partial charge >= 0.3 is 0 Å². The molecule has 0 radical (unpaired) electrons. The minimum absolute atomic E-state index is 0.146. The average molecular weight is 431 g/mol. The number of piperazine rings is 1. The van der Waals surface area contributed by atoms with Crippen molar-refractivity contribution in [2.75, 3.05) is 36.8 Å². The van der Waals surface area contributed by atoms with Gasteiger partial charge in [0.2, 0.25) is 5.91 Å². The van der Waals surface area contributed by atoms with Crippen LogP contribution < -0.4 is 4.90 Å². The highest BCUT2D eigenvalue weighted by atomic mass is 35.5. The van der Waals surface area contributed by atoms with Gasteiger partial charge in [-0.2, -0.15) is 4.37 Å². The lowest BCUT2D eigenvalue weighted by Crippen LogP contribution is -2.49. The molecular weight excluding hydrogens is 412 g/mol. The second-order valence-electron chi connectivity index (χ2n) is 6.36. The average Bonchev–Trinajstić information content (AvgIpc) is 3.22. The first kappa shape index (κ1) is 19.2. The molecule has 1 aromatic heterocycles. The number of aromatic nitrogens is 2. The first-order valence-corrected chi connectivity index (χ1v) is 11.1. The summed E-state index contributed by atoms with van der Waals surface area (Å²) in [6.07, 6.45) is 0.